The number of hydrogen-bond donors (Lipinski definition) is 1. The van der Waals surface area contributed by atoms with Gasteiger partial charge in [0.25, 0.3) is 0 Å². The number of nitrogens with two attached hydrogens (primary N) is 1. The molecule has 4 aliphatic carbocycles. The lowest BCUT2D eigenvalue weighted by molar-refractivity contribution is -0.135. The Hall–Kier alpha value is -0.480. The minimum absolute atomic E-state index is 0.0241. The highest BCUT2D eigenvalue weighted by Crippen LogP contribution is 2.65. The summed E-state index contributed by atoms with van der Waals surface area (Å²) in [5.74, 6) is 3.95. The van der Waals surface area contributed by atoms with Gasteiger partial charge < -0.3 is 5.73 Å². The highest BCUT2D eigenvalue weighted by atomic mass is 32.2. The average molecular weight is 378 g/mol. The molecule has 0 radical (unpaired) electrons. The summed E-state index contributed by atoms with van der Waals surface area (Å²) in [4.78, 5) is 13.7. The van der Waals surface area contributed by atoms with Gasteiger partial charge in [0.2, 0.25) is 0 Å². The van der Waals surface area contributed by atoms with E-state index in [1.54, 1.807) is 0 Å². The topological polar surface area (TPSA) is 60.2 Å². The average Bonchev–Trinajstić information content (AvgIpc) is 2.94. The van der Waals surface area contributed by atoms with Crippen LogP contribution in [-0.4, -0.2) is 22.3 Å². The molecule has 146 valence electrons. The van der Waals surface area contributed by atoms with Gasteiger partial charge in [-0.2, -0.15) is 0 Å². The second-order valence-corrected chi connectivity index (χ2v) is 11.4. The first kappa shape index (κ1) is 18.9. The summed E-state index contributed by atoms with van der Waals surface area (Å²) in [6.07, 6.45) is 12.2. The molecule has 0 amide bonds. The van der Waals surface area contributed by atoms with Gasteiger partial charge in [0.05, 0.1) is 0 Å². The largest absolute Gasteiger partial charge is 0.330 e. The zero-order valence-corrected chi connectivity index (χ0v) is 17.3. The minimum atomic E-state index is -0.829. The van der Waals surface area contributed by atoms with Crippen LogP contribution in [0.4, 0.5) is 0 Å². The number of carbonyl (C=O) groups is 1. The Labute approximate surface area is 161 Å². The molecule has 0 aromatic carbocycles. The van der Waals surface area contributed by atoms with Crippen molar-refractivity contribution in [1.29, 1.82) is 0 Å². The molecule has 0 heterocycles. The Morgan fingerprint density at radius 1 is 1.12 bits per heavy atom. The van der Waals surface area contributed by atoms with Crippen LogP contribution in [0.2, 0.25) is 0 Å². The Morgan fingerprint density at radius 2 is 1.92 bits per heavy atom. The summed E-state index contributed by atoms with van der Waals surface area (Å²) in [7, 11) is -0.829. The number of carbonyl (C=O) groups excluding carboxylic acids is 1. The van der Waals surface area contributed by atoms with Crippen molar-refractivity contribution < 1.29 is 9.00 Å². The maximum atomic E-state index is 12.6. The Kier molecular flexibility index (Phi) is 4.97. The lowest BCUT2D eigenvalue weighted by Crippen LogP contribution is -2.52. The van der Waals surface area contributed by atoms with Crippen LogP contribution in [0, 0.1) is 34.5 Å². The van der Waals surface area contributed by atoms with Crippen molar-refractivity contribution in [3.8, 4) is 0 Å². The Bertz CT molecular complexity index is 644. The molecule has 2 N–H and O–H groups in total. The molecule has 4 heteroatoms. The number of allylic oxidation sites excluding steroid dienone is 2. The van der Waals surface area contributed by atoms with Crippen LogP contribution in [0.3, 0.4) is 0 Å². The van der Waals surface area contributed by atoms with Gasteiger partial charge in [0.15, 0.2) is 0 Å². The van der Waals surface area contributed by atoms with Crippen LogP contribution in [0.1, 0.15) is 71.6 Å². The van der Waals surface area contributed by atoms with Crippen LogP contribution in [-0.2, 0) is 15.6 Å². The summed E-state index contributed by atoms with van der Waals surface area (Å²) in [5.41, 5.74) is 5.91. The molecule has 0 aromatic heterocycles. The standard InChI is InChI=1S/C22H35NO2S/c1-21-10-8-16(26(25)13-3-12-23)14-15(21)4-5-17-18-6-7-20(24)22(18,2)11-9-19(17)21/h14-15,17-19H,3-13,23H2,1-2H3/t15?,17?,18?,19?,21-,22-,26?/m0/s1. The third kappa shape index (κ3) is 2.78. The highest BCUT2D eigenvalue weighted by Gasteiger charge is 2.59. The third-order valence-corrected chi connectivity index (χ3v) is 10.4. The summed E-state index contributed by atoms with van der Waals surface area (Å²) in [6, 6.07) is 0. The van der Waals surface area contributed by atoms with Gasteiger partial charge in [-0.15, -0.1) is 0 Å². The van der Waals surface area contributed by atoms with Crippen LogP contribution >= 0.6 is 0 Å². The molecule has 0 aliphatic heterocycles. The molecule has 3 fully saturated rings. The van der Waals surface area contributed by atoms with Gasteiger partial charge in [-0.1, -0.05) is 19.9 Å². The van der Waals surface area contributed by atoms with Crippen LogP contribution < -0.4 is 5.73 Å². The number of rotatable bonds is 4. The van der Waals surface area contributed by atoms with Gasteiger partial charge in [-0.05, 0) is 87.0 Å². The van der Waals surface area contributed by atoms with Gasteiger partial charge in [-0.25, -0.2) is 0 Å². The van der Waals surface area contributed by atoms with Crippen molar-refractivity contribution in [3.05, 3.63) is 11.0 Å². The van der Waals surface area contributed by atoms with E-state index in [1.165, 1.54) is 30.6 Å². The van der Waals surface area contributed by atoms with Gasteiger partial charge >= 0.3 is 0 Å². The van der Waals surface area contributed by atoms with E-state index in [4.69, 9.17) is 5.73 Å². The molecule has 26 heavy (non-hydrogen) atoms. The van der Waals surface area contributed by atoms with E-state index < -0.39 is 10.8 Å². The molecular formula is C22H35NO2S. The SMILES string of the molecule is C[C@]12CCC(S(=O)CCCN)=CC1CCC1C2CC[C@]2(C)C(=O)CCC12. The van der Waals surface area contributed by atoms with E-state index >= 15 is 0 Å². The predicted molar refractivity (Wildman–Crippen MR) is 107 cm³/mol. The zero-order valence-electron chi connectivity index (χ0n) is 16.5. The van der Waals surface area contributed by atoms with Gasteiger partial charge in [-0.3, -0.25) is 9.00 Å². The molecule has 4 rings (SSSR count). The molecule has 3 nitrogen and oxygen atoms in total. The number of fused-ring (bicyclic) bond motifs is 5. The second-order valence-electron chi connectivity index (χ2n) is 9.81. The first-order chi connectivity index (χ1) is 12.4. The van der Waals surface area contributed by atoms with Crippen molar-refractivity contribution in [2.24, 2.45) is 40.2 Å². The first-order valence-corrected chi connectivity index (χ1v) is 12.0. The van der Waals surface area contributed by atoms with E-state index in [1.807, 2.05) is 0 Å². The fraction of sp³-hybridized carbons (Fsp3) is 0.864. The quantitative estimate of drug-likeness (QED) is 0.799. The molecule has 0 saturated heterocycles. The smallest absolute Gasteiger partial charge is 0.139 e. The second kappa shape index (κ2) is 6.84. The maximum Gasteiger partial charge on any atom is 0.139 e. The minimum Gasteiger partial charge on any atom is -0.330 e. The molecule has 3 saturated carbocycles. The fourth-order valence-electron chi connectivity index (χ4n) is 7.14. The van der Waals surface area contributed by atoms with E-state index in [2.05, 4.69) is 19.9 Å². The highest BCUT2D eigenvalue weighted by molar-refractivity contribution is 7.88. The summed E-state index contributed by atoms with van der Waals surface area (Å²) in [6.45, 7) is 5.39. The zero-order chi connectivity index (χ0) is 18.5. The van der Waals surface area contributed by atoms with Crippen molar-refractivity contribution in [1.82, 2.24) is 0 Å². The summed E-state index contributed by atoms with van der Waals surface area (Å²) in [5, 5.41) is 0. The first-order valence-electron chi connectivity index (χ1n) is 10.7. The lowest BCUT2D eigenvalue weighted by atomic mass is 9.46. The molecule has 4 aliphatic rings. The Balaban J connectivity index is 1.55. The molecule has 0 aromatic rings. The van der Waals surface area contributed by atoms with Crippen molar-refractivity contribution >= 4 is 16.6 Å². The molecule has 7 atom stereocenters. The van der Waals surface area contributed by atoms with E-state index in [0.29, 0.717) is 29.6 Å². The van der Waals surface area contributed by atoms with Crippen molar-refractivity contribution in [2.75, 3.05) is 12.3 Å². The molecule has 5 unspecified atom stereocenters. The molecule has 0 spiro atoms. The maximum absolute atomic E-state index is 12.6. The normalized spacial score (nSPS) is 46.1. The predicted octanol–water partition coefficient (Wildman–Crippen LogP) is 4.19. The monoisotopic (exact) mass is 377 g/mol. The van der Waals surface area contributed by atoms with Gasteiger partial charge in [0.1, 0.15) is 5.78 Å². The van der Waals surface area contributed by atoms with Crippen LogP contribution in [0.5, 0.6) is 0 Å². The third-order valence-electron chi connectivity index (χ3n) is 8.77. The molecule has 0 bridgehead atoms. The summed E-state index contributed by atoms with van der Waals surface area (Å²) < 4.78 is 12.6. The van der Waals surface area contributed by atoms with E-state index in [9.17, 15) is 9.00 Å². The fourth-order valence-corrected chi connectivity index (χ4v) is 8.47. The number of Topliss-reactive ketones (excluding diaryl/α,β-unsaturated/α-hetero) is 1. The summed E-state index contributed by atoms with van der Waals surface area (Å²) >= 11 is 0. The van der Waals surface area contributed by atoms with E-state index in [-0.39, 0.29) is 5.41 Å². The Morgan fingerprint density at radius 3 is 2.69 bits per heavy atom. The van der Waals surface area contributed by atoms with Crippen molar-refractivity contribution in [2.45, 2.75) is 71.6 Å². The molecular weight excluding hydrogens is 342 g/mol. The number of hydrogen-bond acceptors (Lipinski definition) is 3. The van der Waals surface area contributed by atoms with Gasteiger partial charge in [0, 0.05) is 33.3 Å². The van der Waals surface area contributed by atoms with Crippen LogP contribution in [0.15, 0.2) is 11.0 Å². The number of ketones is 1. The van der Waals surface area contributed by atoms with Crippen LogP contribution in [0.25, 0.3) is 0 Å². The lowest BCUT2D eigenvalue weighted by Gasteiger charge is -2.58. The van der Waals surface area contributed by atoms with Crippen molar-refractivity contribution in [3.63, 3.8) is 0 Å². The van der Waals surface area contributed by atoms with E-state index in [0.717, 1.165) is 49.7 Å².